The maximum absolute atomic E-state index is 11.6. The van der Waals surface area contributed by atoms with Gasteiger partial charge in [-0.1, -0.05) is 0 Å². The van der Waals surface area contributed by atoms with Gasteiger partial charge in [-0.2, -0.15) is 0 Å². The molecule has 92 valence electrons. The highest BCUT2D eigenvalue weighted by molar-refractivity contribution is 5.85. The zero-order valence-electron chi connectivity index (χ0n) is 10.1. The van der Waals surface area contributed by atoms with E-state index in [0.717, 1.165) is 17.9 Å². The van der Waals surface area contributed by atoms with E-state index in [-0.39, 0.29) is 11.9 Å². The van der Waals surface area contributed by atoms with Crippen molar-refractivity contribution in [2.45, 2.75) is 26.0 Å². The molecule has 1 aromatic heterocycles. The molecule has 1 aromatic rings. The fourth-order valence-corrected chi connectivity index (χ4v) is 1.95. The molecular weight excluding hydrogens is 218 g/mol. The van der Waals surface area contributed by atoms with E-state index in [9.17, 15) is 9.90 Å². The van der Waals surface area contributed by atoms with Crippen LogP contribution in [0.5, 0.6) is 0 Å². The molecular formula is C12H17N3O2. The van der Waals surface area contributed by atoms with Gasteiger partial charge in [0.05, 0.1) is 6.10 Å². The molecule has 0 radical (unpaired) electrons. The number of rotatable bonds is 2. The van der Waals surface area contributed by atoms with Crippen LogP contribution in [0.25, 0.3) is 0 Å². The number of piperazine rings is 1. The lowest BCUT2D eigenvalue weighted by atomic mass is 10.1. The van der Waals surface area contributed by atoms with E-state index in [1.54, 1.807) is 19.2 Å². The van der Waals surface area contributed by atoms with Crippen LogP contribution in [-0.2, 0) is 4.79 Å². The Labute approximate surface area is 100 Å². The Morgan fingerprint density at radius 1 is 1.65 bits per heavy atom. The van der Waals surface area contributed by atoms with E-state index in [4.69, 9.17) is 0 Å². The van der Waals surface area contributed by atoms with Gasteiger partial charge in [0.15, 0.2) is 0 Å². The summed E-state index contributed by atoms with van der Waals surface area (Å²) in [4.78, 5) is 17.8. The van der Waals surface area contributed by atoms with E-state index in [1.165, 1.54) is 0 Å². The van der Waals surface area contributed by atoms with Gasteiger partial charge in [-0.3, -0.25) is 4.79 Å². The molecule has 1 fully saturated rings. The topological polar surface area (TPSA) is 65.5 Å². The third-order valence-electron chi connectivity index (χ3n) is 3.05. The van der Waals surface area contributed by atoms with Crippen LogP contribution >= 0.6 is 0 Å². The molecule has 2 heterocycles. The second-order valence-corrected chi connectivity index (χ2v) is 4.28. The van der Waals surface area contributed by atoms with E-state index in [2.05, 4.69) is 10.3 Å². The summed E-state index contributed by atoms with van der Waals surface area (Å²) in [6, 6.07) is 3.39. The quantitative estimate of drug-likeness (QED) is 0.781. The van der Waals surface area contributed by atoms with Crippen LogP contribution in [-0.4, -0.2) is 35.1 Å². The Hall–Kier alpha value is -1.62. The lowest BCUT2D eigenvalue weighted by Gasteiger charge is -2.33. The monoisotopic (exact) mass is 235 g/mol. The van der Waals surface area contributed by atoms with E-state index >= 15 is 0 Å². The molecule has 1 aliphatic heterocycles. The van der Waals surface area contributed by atoms with E-state index in [0.29, 0.717) is 6.54 Å². The molecule has 2 atom stereocenters. The largest absolute Gasteiger partial charge is 0.389 e. The van der Waals surface area contributed by atoms with Crippen molar-refractivity contribution < 1.29 is 9.90 Å². The second kappa shape index (κ2) is 4.71. The van der Waals surface area contributed by atoms with Gasteiger partial charge in [0.2, 0.25) is 5.91 Å². The Morgan fingerprint density at radius 2 is 2.41 bits per heavy atom. The lowest BCUT2D eigenvalue weighted by molar-refractivity contribution is -0.122. The minimum atomic E-state index is -0.523. The van der Waals surface area contributed by atoms with Gasteiger partial charge >= 0.3 is 0 Å². The number of aliphatic hydroxyl groups excluding tert-OH is 1. The molecule has 0 saturated carbocycles. The molecule has 0 aliphatic carbocycles. The number of aromatic nitrogens is 1. The third kappa shape index (κ3) is 2.39. The predicted octanol–water partition coefficient (Wildman–Crippen LogP) is 0.460. The summed E-state index contributed by atoms with van der Waals surface area (Å²) in [5.41, 5.74) is 0.813. The van der Waals surface area contributed by atoms with Crippen molar-refractivity contribution >= 4 is 11.7 Å². The van der Waals surface area contributed by atoms with Crippen molar-refractivity contribution in [1.29, 1.82) is 0 Å². The highest BCUT2D eigenvalue weighted by Crippen LogP contribution is 2.20. The molecule has 5 heteroatoms. The van der Waals surface area contributed by atoms with Crippen LogP contribution in [0.4, 0.5) is 5.82 Å². The van der Waals surface area contributed by atoms with Gasteiger partial charge in [-0.15, -0.1) is 0 Å². The first-order valence-corrected chi connectivity index (χ1v) is 5.78. The number of amides is 1. The zero-order valence-corrected chi connectivity index (χ0v) is 10.1. The molecule has 0 aromatic carbocycles. The number of carbonyl (C=O) groups is 1. The molecule has 1 amide bonds. The SMILES string of the molecule is CC1C(=O)NCCN1c1cc([C@@H](C)O)ccn1. The number of nitrogens with zero attached hydrogens (tertiary/aromatic N) is 2. The summed E-state index contributed by atoms with van der Waals surface area (Å²) in [6.45, 7) is 4.93. The number of carbonyl (C=O) groups excluding carboxylic acids is 1. The summed E-state index contributed by atoms with van der Waals surface area (Å²) in [5, 5.41) is 12.3. The van der Waals surface area contributed by atoms with Crippen LogP contribution in [0.2, 0.25) is 0 Å². The minimum absolute atomic E-state index is 0.0144. The average molecular weight is 235 g/mol. The first kappa shape index (κ1) is 11.9. The smallest absolute Gasteiger partial charge is 0.242 e. The Bertz CT molecular complexity index is 420. The molecule has 0 bridgehead atoms. The van der Waals surface area contributed by atoms with Crippen molar-refractivity contribution in [3.05, 3.63) is 23.9 Å². The number of aliphatic hydroxyl groups is 1. The molecule has 2 rings (SSSR count). The first-order chi connectivity index (χ1) is 8.09. The van der Waals surface area contributed by atoms with Gasteiger partial charge < -0.3 is 15.3 Å². The van der Waals surface area contributed by atoms with Crippen LogP contribution < -0.4 is 10.2 Å². The van der Waals surface area contributed by atoms with E-state index in [1.807, 2.05) is 17.9 Å². The maximum Gasteiger partial charge on any atom is 0.242 e. The minimum Gasteiger partial charge on any atom is -0.389 e. The summed E-state index contributed by atoms with van der Waals surface area (Å²) >= 11 is 0. The molecule has 2 N–H and O–H groups in total. The standard InChI is InChI=1S/C12H17N3O2/c1-8-12(17)14-5-6-15(8)11-7-10(9(2)16)3-4-13-11/h3-4,7-9,16H,5-6H2,1-2H3,(H,14,17)/t8?,9-/m1/s1. The summed E-state index contributed by atoms with van der Waals surface area (Å²) in [7, 11) is 0. The average Bonchev–Trinajstić information content (AvgIpc) is 2.33. The van der Waals surface area contributed by atoms with Gasteiger partial charge in [0.25, 0.3) is 0 Å². The van der Waals surface area contributed by atoms with Crippen LogP contribution in [0.3, 0.4) is 0 Å². The highest BCUT2D eigenvalue weighted by Gasteiger charge is 2.26. The Balaban J connectivity index is 2.26. The van der Waals surface area contributed by atoms with Crippen molar-refractivity contribution in [1.82, 2.24) is 10.3 Å². The molecule has 0 spiro atoms. The number of anilines is 1. The van der Waals surface area contributed by atoms with Gasteiger partial charge in [-0.25, -0.2) is 4.98 Å². The zero-order chi connectivity index (χ0) is 12.4. The number of pyridine rings is 1. The normalized spacial score (nSPS) is 22.2. The van der Waals surface area contributed by atoms with Crippen LogP contribution in [0, 0.1) is 0 Å². The van der Waals surface area contributed by atoms with Crippen LogP contribution in [0.15, 0.2) is 18.3 Å². The Morgan fingerprint density at radius 3 is 3.12 bits per heavy atom. The van der Waals surface area contributed by atoms with Crippen molar-refractivity contribution in [3.8, 4) is 0 Å². The number of hydrogen-bond acceptors (Lipinski definition) is 4. The second-order valence-electron chi connectivity index (χ2n) is 4.28. The fourth-order valence-electron chi connectivity index (χ4n) is 1.95. The Kier molecular flexibility index (Phi) is 3.28. The summed E-state index contributed by atoms with van der Waals surface area (Å²) in [6.07, 6.45) is 1.14. The maximum atomic E-state index is 11.6. The van der Waals surface area contributed by atoms with Crippen molar-refractivity contribution in [2.24, 2.45) is 0 Å². The molecule has 5 nitrogen and oxygen atoms in total. The predicted molar refractivity (Wildman–Crippen MR) is 64.7 cm³/mol. The van der Waals surface area contributed by atoms with Crippen molar-refractivity contribution in [2.75, 3.05) is 18.0 Å². The highest BCUT2D eigenvalue weighted by atomic mass is 16.3. The van der Waals surface area contributed by atoms with Crippen LogP contribution in [0.1, 0.15) is 25.5 Å². The van der Waals surface area contributed by atoms with Gasteiger partial charge in [-0.05, 0) is 31.5 Å². The molecule has 1 aliphatic rings. The fraction of sp³-hybridized carbons (Fsp3) is 0.500. The molecule has 1 saturated heterocycles. The third-order valence-corrected chi connectivity index (χ3v) is 3.05. The molecule has 17 heavy (non-hydrogen) atoms. The van der Waals surface area contributed by atoms with Gasteiger partial charge in [0, 0.05) is 19.3 Å². The lowest BCUT2D eigenvalue weighted by Crippen LogP contribution is -2.54. The summed E-state index contributed by atoms with van der Waals surface area (Å²) < 4.78 is 0. The van der Waals surface area contributed by atoms with Crippen molar-refractivity contribution in [3.63, 3.8) is 0 Å². The van der Waals surface area contributed by atoms with Gasteiger partial charge in [0.1, 0.15) is 11.9 Å². The summed E-state index contributed by atoms with van der Waals surface area (Å²) in [5.74, 6) is 0.756. The molecule has 1 unspecified atom stereocenters. The number of nitrogens with one attached hydrogen (secondary N) is 1. The first-order valence-electron chi connectivity index (χ1n) is 5.78. The van der Waals surface area contributed by atoms with E-state index < -0.39 is 6.10 Å². The number of hydrogen-bond donors (Lipinski definition) is 2.